The summed E-state index contributed by atoms with van der Waals surface area (Å²) in [6.45, 7) is 2.31. The van der Waals surface area contributed by atoms with E-state index in [1.807, 2.05) is 6.92 Å². The van der Waals surface area contributed by atoms with Gasteiger partial charge >= 0.3 is 6.03 Å². The zero-order valence-electron chi connectivity index (χ0n) is 14.2. The van der Waals surface area contributed by atoms with Gasteiger partial charge in [0.25, 0.3) is 0 Å². The second kappa shape index (κ2) is 7.11. The van der Waals surface area contributed by atoms with E-state index in [4.69, 9.17) is 25.8 Å². The molecule has 2 aromatic carbocycles. The molecule has 0 fully saturated rings. The van der Waals surface area contributed by atoms with Crippen LogP contribution in [-0.2, 0) is 0 Å². The molecule has 2 amide bonds. The highest BCUT2D eigenvalue weighted by Gasteiger charge is 2.28. The predicted octanol–water partition coefficient (Wildman–Crippen LogP) is 4.18. The van der Waals surface area contributed by atoms with Crippen molar-refractivity contribution in [2.24, 2.45) is 0 Å². The zero-order chi connectivity index (χ0) is 18.0. The molecule has 0 aliphatic carbocycles. The molecule has 7 heteroatoms. The molecule has 1 heterocycles. The van der Waals surface area contributed by atoms with E-state index in [-0.39, 0.29) is 12.1 Å². The molecule has 0 radical (unpaired) electrons. The van der Waals surface area contributed by atoms with Crippen molar-refractivity contribution in [1.29, 1.82) is 0 Å². The van der Waals surface area contributed by atoms with Crippen LogP contribution in [0.4, 0.5) is 16.2 Å². The first-order chi connectivity index (χ1) is 12.0. The molecule has 0 spiro atoms. The second-order valence-corrected chi connectivity index (χ2v) is 6.08. The lowest BCUT2D eigenvalue weighted by Gasteiger charge is -2.33. The van der Waals surface area contributed by atoms with Crippen LogP contribution in [0, 0.1) is 0 Å². The highest BCUT2D eigenvalue weighted by molar-refractivity contribution is 6.31. The van der Waals surface area contributed by atoms with Crippen LogP contribution in [0.1, 0.15) is 6.92 Å². The van der Waals surface area contributed by atoms with Crippen LogP contribution < -0.4 is 24.4 Å². The minimum Gasteiger partial charge on any atom is -0.497 e. The summed E-state index contributed by atoms with van der Waals surface area (Å²) >= 11 is 6.08. The van der Waals surface area contributed by atoms with Gasteiger partial charge in [-0.2, -0.15) is 0 Å². The number of carbonyl (C=O) groups excluding carboxylic acids is 1. The Hall–Kier alpha value is -2.60. The van der Waals surface area contributed by atoms with E-state index < -0.39 is 0 Å². The van der Waals surface area contributed by atoms with Gasteiger partial charge in [0.05, 0.1) is 32.1 Å². The smallest absolute Gasteiger partial charge is 0.326 e. The number of rotatable bonds is 3. The van der Waals surface area contributed by atoms with E-state index >= 15 is 0 Å². The Morgan fingerprint density at radius 2 is 2.04 bits per heavy atom. The fraction of sp³-hybridized carbons (Fsp3) is 0.278. The van der Waals surface area contributed by atoms with E-state index in [0.717, 1.165) is 0 Å². The van der Waals surface area contributed by atoms with Gasteiger partial charge in [-0.15, -0.1) is 0 Å². The molecular formula is C18H19ClN2O4. The lowest BCUT2D eigenvalue weighted by Crippen LogP contribution is -2.44. The minimum absolute atomic E-state index is 0.133. The van der Waals surface area contributed by atoms with Crippen LogP contribution in [0.25, 0.3) is 0 Å². The normalized spacial score (nSPS) is 15.8. The Bertz CT molecular complexity index is 797. The molecule has 0 saturated heterocycles. The fourth-order valence-electron chi connectivity index (χ4n) is 2.70. The molecule has 2 aromatic rings. The molecule has 1 aliphatic heterocycles. The number of urea groups is 1. The lowest BCUT2D eigenvalue weighted by atomic mass is 10.2. The molecule has 25 heavy (non-hydrogen) atoms. The van der Waals surface area contributed by atoms with Crippen molar-refractivity contribution in [2.45, 2.75) is 13.0 Å². The number of hydrogen-bond acceptors (Lipinski definition) is 4. The summed E-state index contributed by atoms with van der Waals surface area (Å²) < 4.78 is 16.3. The van der Waals surface area contributed by atoms with Crippen molar-refractivity contribution in [2.75, 3.05) is 31.0 Å². The zero-order valence-corrected chi connectivity index (χ0v) is 15.0. The van der Waals surface area contributed by atoms with E-state index in [2.05, 4.69) is 5.32 Å². The average Bonchev–Trinajstić information content (AvgIpc) is 2.61. The molecule has 6 nitrogen and oxygen atoms in total. The number of methoxy groups -OCH3 is 2. The number of carbonyl (C=O) groups is 1. The fourth-order valence-corrected chi connectivity index (χ4v) is 2.86. The number of fused-ring (bicyclic) bond motifs is 1. The first-order valence-corrected chi connectivity index (χ1v) is 8.16. The number of nitrogens with zero attached hydrogens (tertiary/aromatic N) is 1. The van der Waals surface area contributed by atoms with Crippen molar-refractivity contribution in [3.63, 3.8) is 0 Å². The molecule has 3 rings (SSSR count). The van der Waals surface area contributed by atoms with Gasteiger partial charge in [0.15, 0.2) is 0 Å². The maximum Gasteiger partial charge on any atom is 0.326 e. The predicted molar refractivity (Wildman–Crippen MR) is 97.5 cm³/mol. The van der Waals surface area contributed by atoms with Gasteiger partial charge in [-0.25, -0.2) is 4.79 Å². The number of hydrogen-bond donors (Lipinski definition) is 1. The maximum atomic E-state index is 12.9. The molecule has 1 N–H and O–H groups in total. The topological polar surface area (TPSA) is 60.0 Å². The van der Waals surface area contributed by atoms with Gasteiger partial charge in [0, 0.05) is 11.1 Å². The summed E-state index contributed by atoms with van der Waals surface area (Å²) in [4.78, 5) is 14.5. The van der Waals surface area contributed by atoms with Gasteiger partial charge in [0.1, 0.15) is 23.4 Å². The minimum atomic E-state index is -0.301. The maximum absolute atomic E-state index is 12.9. The number of anilines is 2. The third kappa shape index (κ3) is 3.58. The van der Waals surface area contributed by atoms with Crippen molar-refractivity contribution in [1.82, 2.24) is 0 Å². The van der Waals surface area contributed by atoms with Crippen LogP contribution in [0.5, 0.6) is 17.2 Å². The molecule has 132 valence electrons. The summed E-state index contributed by atoms with van der Waals surface area (Å²) in [5, 5.41) is 3.41. The molecule has 0 bridgehead atoms. The van der Waals surface area contributed by atoms with Crippen LogP contribution in [-0.4, -0.2) is 32.9 Å². The molecular weight excluding hydrogens is 344 g/mol. The standard InChI is InChI=1S/C18H19ClN2O4/c1-11-10-21(15-8-12(19)4-6-17(15)25-11)18(22)20-14-9-13(23-2)5-7-16(14)24-3/h4-9,11H,10H2,1-3H3,(H,20,22)/t11-/m1/s1. The Labute approximate surface area is 151 Å². The highest BCUT2D eigenvalue weighted by atomic mass is 35.5. The number of halogens is 1. The van der Waals surface area contributed by atoms with Gasteiger partial charge in [-0.05, 0) is 37.3 Å². The Balaban J connectivity index is 1.91. The summed E-state index contributed by atoms with van der Waals surface area (Å²) in [6, 6.07) is 10.1. The van der Waals surface area contributed by atoms with Gasteiger partial charge in [-0.1, -0.05) is 11.6 Å². The molecule has 0 aromatic heterocycles. The average molecular weight is 363 g/mol. The molecule has 1 aliphatic rings. The van der Waals surface area contributed by atoms with E-state index in [1.165, 1.54) is 0 Å². The largest absolute Gasteiger partial charge is 0.497 e. The number of amides is 2. The Kier molecular flexibility index (Phi) is 4.90. The van der Waals surface area contributed by atoms with Crippen LogP contribution in [0.15, 0.2) is 36.4 Å². The van der Waals surface area contributed by atoms with Crippen LogP contribution in [0.2, 0.25) is 5.02 Å². The summed E-state index contributed by atoms with van der Waals surface area (Å²) in [7, 11) is 3.11. The Morgan fingerprint density at radius 3 is 2.76 bits per heavy atom. The third-order valence-corrected chi connectivity index (χ3v) is 4.11. The SMILES string of the molecule is COc1ccc(OC)c(NC(=O)N2C[C@@H](C)Oc3ccc(Cl)cc32)c1. The lowest BCUT2D eigenvalue weighted by molar-refractivity contribution is 0.208. The molecule has 0 saturated carbocycles. The number of ether oxygens (including phenoxy) is 3. The first-order valence-electron chi connectivity index (χ1n) is 7.78. The molecule has 0 unspecified atom stereocenters. The van der Waals surface area contributed by atoms with Gasteiger partial charge < -0.3 is 19.5 Å². The summed E-state index contributed by atoms with van der Waals surface area (Å²) in [5.74, 6) is 1.78. The van der Waals surface area contributed by atoms with Crippen LogP contribution >= 0.6 is 11.6 Å². The second-order valence-electron chi connectivity index (χ2n) is 5.65. The van der Waals surface area contributed by atoms with E-state index in [0.29, 0.717) is 40.2 Å². The van der Waals surface area contributed by atoms with Crippen molar-refractivity contribution >= 4 is 29.0 Å². The van der Waals surface area contributed by atoms with Crippen molar-refractivity contribution in [3.8, 4) is 17.2 Å². The van der Waals surface area contributed by atoms with E-state index in [1.54, 1.807) is 55.5 Å². The first kappa shape index (κ1) is 17.2. The number of nitrogens with one attached hydrogen (secondary N) is 1. The van der Waals surface area contributed by atoms with Gasteiger partial charge in [-0.3, -0.25) is 4.90 Å². The monoisotopic (exact) mass is 362 g/mol. The van der Waals surface area contributed by atoms with Crippen molar-refractivity contribution in [3.05, 3.63) is 41.4 Å². The Morgan fingerprint density at radius 1 is 1.24 bits per heavy atom. The summed E-state index contributed by atoms with van der Waals surface area (Å²) in [6.07, 6.45) is -0.133. The van der Waals surface area contributed by atoms with E-state index in [9.17, 15) is 4.79 Å². The van der Waals surface area contributed by atoms with Crippen LogP contribution in [0.3, 0.4) is 0 Å². The van der Waals surface area contributed by atoms with Crippen molar-refractivity contribution < 1.29 is 19.0 Å². The third-order valence-electron chi connectivity index (χ3n) is 3.87. The quantitative estimate of drug-likeness (QED) is 0.889. The van der Waals surface area contributed by atoms with Gasteiger partial charge in [0.2, 0.25) is 0 Å². The summed E-state index contributed by atoms with van der Waals surface area (Å²) in [5.41, 5.74) is 1.15. The number of benzene rings is 2. The highest BCUT2D eigenvalue weighted by Crippen LogP contribution is 2.36. The molecule has 1 atom stereocenters.